The number of anilines is 1. The molecule has 2 aromatic heterocycles. The zero-order valence-corrected chi connectivity index (χ0v) is 15.0. The molecule has 0 bridgehead atoms. The molecule has 0 atom stereocenters. The first kappa shape index (κ1) is 16.3. The predicted octanol–water partition coefficient (Wildman–Crippen LogP) is 3.80. The maximum Gasteiger partial charge on any atom is 0.259 e. The molecule has 4 nitrogen and oxygen atoms in total. The van der Waals surface area contributed by atoms with Crippen LogP contribution in [-0.2, 0) is 19.4 Å². The highest BCUT2D eigenvalue weighted by atomic mass is 32.1. The van der Waals surface area contributed by atoms with E-state index in [1.54, 1.807) is 33.9 Å². The van der Waals surface area contributed by atoms with E-state index in [0.717, 1.165) is 47.8 Å². The van der Waals surface area contributed by atoms with Crippen molar-refractivity contribution in [3.05, 3.63) is 62.8 Å². The predicted molar refractivity (Wildman–Crippen MR) is 99.1 cm³/mol. The molecule has 3 aromatic rings. The van der Waals surface area contributed by atoms with E-state index < -0.39 is 0 Å². The minimum Gasteiger partial charge on any atom is -0.366 e. The molecule has 1 aromatic carbocycles. The van der Waals surface area contributed by atoms with E-state index in [-0.39, 0.29) is 11.4 Å². The van der Waals surface area contributed by atoms with Gasteiger partial charge in [-0.3, -0.25) is 9.20 Å². The Bertz CT molecular complexity index is 961. The first-order valence-electron chi connectivity index (χ1n) is 8.69. The number of hydrogen-bond donors (Lipinski definition) is 0. The topological polar surface area (TPSA) is 37.6 Å². The van der Waals surface area contributed by atoms with Crippen molar-refractivity contribution < 1.29 is 4.39 Å². The third-order valence-corrected chi connectivity index (χ3v) is 5.88. The molecule has 6 heteroatoms. The van der Waals surface area contributed by atoms with Crippen LogP contribution in [0.2, 0.25) is 0 Å². The van der Waals surface area contributed by atoms with Crippen molar-refractivity contribution in [1.82, 2.24) is 9.38 Å². The lowest BCUT2D eigenvalue weighted by Gasteiger charge is -2.22. The smallest absolute Gasteiger partial charge is 0.259 e. The minimum atomic E-state index is -0.248. The summed E-state index contributed by atoms with van der Waals surface area (Å²) in [5.41, 5.74) is 2.85. The van der Waals surface area contributed by atoms with E-state index in [1.165, 1.54) is 23.4 Å². The molecule has 25 heavy (non-hydrogen) atoms. The lowest BCUT2D eigenvalue weighted by molar-refractivity contribution is 0.627. The van der Waals surface area contributed by atoms with Gasteiger partial charge in [0.2, 0.25) is 0 Å². The van der Waals surface area contributed by atoms with Gasteiger partial charge >= 0.3 is 0 Å². The van der Waals surface area contributed by atoms with Crippen LogP contribution in [0.4, 0.5) is 10.1 Å². The average molecular weight is 357 g/mol. The van der Waals surface area contributed by atoms with Crippen molar-refractivity contribution in [2.45, 2.75) is 39.2 Å². The molecular formula is C19H20FN3OS. The van der Waals surface area contributed by atoms with Crippen LogP contribution in [0.1, 0.15) is 36.0 Å². The Morgan fingerprint density at radius 3 is 2.76 bits per heavy atom. The van der Waals surface area contributed by atoms with E-state index in [4.69, 9.17) is 4.98 Å². The molecule has 0 aliphatic heterocycles. The number of halogens is 1. The molecule has 0 radical (unpaired) electrons. The van der Waals surface area contributed by atoms with Crippen LogP contribution in [0.25, 0.3) is 4.96 Å². The number of aryl methyl sites for hydroxylation is 2. The Balaban J connectivity index is 1.69. The third kappa shape index (κ3) is 3.06. The summed E-state index contributed by atoms with van der Waals surface area (Å²) < 4.78 is 14.9. The number of thiazole rings is 1. The van der Waals surface area contributed by atoms with E-state index in [1.807, 2.05) is 6.92 Å². The monoisotopic (exact) mass is 357 g/mol. The van der Waals surface area contributed by atoms with Crippen LogP contribution in [0.5, 0.6) is 0 Å². The summed E-state index contributed by atoms with van der Waals surface area (Å²) in [6.45, 7) is 3.34. The van der Waals surface area contributed by atoms with Gasteiger partial charge in [0.25, 0.3) is 5.56 Å². The summed E-state index contributed by atoms with van der Waals surface area (Å²) in [6, 6.07) is 8.07. The molecule has 0 spiro atoms. The SMILES string of the molecule is CCN(Cc1cc(=O)n2c3c(sc2n1)CCCC3)c1ccc(F)cc1. The number of fused-ring (bicyclic) bond motifs is 3. The van der Waals surface area contributed by atoms with Crippen LogP contribution < -0.4 is 10.5 Å². The number of hydrogen-bond acceptors (Lipinski definition) is 4. The number of rotatable bonds is 4. The van der Waals surface area contributed by atoms with Crippen LogP contribution in [0, 0.1) is 5.82 Å². The van der Waals surface area contributed by atoms with Gasteiger partial charge < -0.3 is 4.90 Å². The summed E-state index contributed by atoms with van der Waals surface area (Å²) >= 11 is 1.64. The summed E-state index contributed by atoms with van der Waals surface area (Å²) in [5, 5.41) is 0. The van der Waals surface area contributed by atoms with Gasteiger partial charge in [0.1, 0.15) is 5.82 Å². The van der Waals surface area contributed by atoms with Gasteiger partial charge in [0, 0.05) is 28.9 Å². The van der Waals surface area contributed by atoms with E-state index >= 15 is 0 Å². The minimum absolute atomic E-state index is 0.00885. The van der Waals surface area contributed by atoms with Crippen LogP contribution in [0.3, 0.4) is 0 Å². The van der Waals surface area contributed by atoms with Gasteiger partial charge in [0.15, 0.2) is 4.96 Å². The maximum atomic E-state index is 13.1. The van der Waals surface area contributed by atoms with E-state index in [0.29, 0.717) is 6.54 Å². The fourth-order valence-corrected chi connectivity index (χ4v) is 4.69. The summed E-state index contributed by atoms with van der Waals surface area (Å²) in [7, 11) is 0. The van der Waals surface area contributed by atoms with Gasteiger partial charge in [0.05, 0.1) is 12.2 Å². The molecule has 0 amide bonds. The number of nitrogens with zero attached hydrogens (tertiary/aromatic N) is 3. The molecule has 0 saturated heterocycles. The Kier molecular flexibility index (Phi) is 4.29. The molecule has 4 rings (SSSR count). The van der Waals surface area contributed by atoms with Crippen LogP contribution in [-0.4, -0.2) is 15.9 Å². The van der Waals surface area contributed by atoms with Gasteiger partial charge in [-0.1, -0.05) is 0 Å². The molecular weight excluding hydrogens is 337 g/mol. The fourth-order valence-electron chi connectivity index (χ4n) is 3.46. The third-order valence-electron chi connectivity index (χ3n) is 4.74. The molecule has 1 aliphatic rings. The van der Waals surface area contributed by atoms with Gasteiger partial charge in [-0.05, 0) is 56.9 Å². The highest BCUT2D eigenvalue weighted by Gasteiger charge is 2.19. The van der Waals surface area contributed by atoms with Crippen molar-refractivity contribution in [1.29, 1.82) is 0 Å². The molecule has 1 aliphatic carbocycles. The lowest BCUT2D eigenvalue weighted by atomic mass is 10.0. The maximum absolute atomic E-state index is 13.1. The highest BCUT2D eigenvalue weighted by molar-refractivity contribution is 7.17. The fraction of sp³-hybridized carbons (Fsp3) is 0.368. The lowest BCUT2D eigenvalue weighted by Crippen LogP contribution is -2.25. The summed E-state index contributed by atoms with van der Waals surface area (Å²) in [4.78, 5) is 21.6. The average Bonchev–Trinajstić information content (AvgIpc) is 2.99. The largest absolute Gasteiger partial charge is 0.366 e. The zero-order chi connectivity index (χ0) is 17.4. The zero-order valence-electron chi connectivity index (χ0n) is 14.2. The normalized spacial score (nSPS) is 13.8. The molecule has 0 saturated carbocycles. The quantitative estimate of drug-likeness (QED) is 0.713. The summed E-state index contributed by atoms with van der Waals surface area (Å²) in [6.07, 6.45) is 4.35. The summed E-state index contributed by atoms with van der Waals surface area (Å²) in [5.74, 6) is -0.248. The Labute approximate surface area is 149 Å². The van der Waals surface area contributed by atoms with Crippen molar-refractivity contribution in [3.8, 4) is 0 Å². The van der Waals surface area contributed by atoms with Gasteiger partial charge in [-0.2, -0.15) is 0 Å². The highest BCUT2D eigenvalue weighted by Crippen LogP contribution is 2.28. The number of benzene rings is 1. The first-order chi connectivity index (χ1) is 12.2. The van der Waals surface area contributed by atoms with Crippen molar-refractivity contribution in [2.24, 2.45) is 0 Å². The molecule has 0 N–H and O–H groups in total. The second kappa shape index (κ2) is 6.59. The number of aromatic nitrogens is 2. The Morgan fingerprint density at radius 1 is 1.24 bits per heavy atom. The standard InChI is InChI=1S/C19H20FN3OS/c1-2-22(15-9-7-13(20)8-10-15)12-14-11-18(24)23-16-5-3-4-6-17(16)25-19(23)21-14/h7-11H,2-6,12H2,1H3. The van der Waals surface area contributed by atoms with E-state index in [2.05, 4.69) is 4.90 Å². The molecule has 0 unspecified atom stereocenters. The van der Waals surface area contributed by atoms with Crippen molar-refractivity contribution >= 4 is 22.0 Å². The second-order valence-corrected chi connectivity index (χ2v) is 7.44. The Hall–Kier alpha value is -2.21. The van der Waals surface area contributed by atoms with Gasteiger partial charge in [-0.25, -0.2) is 9.37 Å². The second-order valence-electron chi connectivity index (χ2n) is 6.37. The molecule has 130 valence electrons. The van der Waals surface area contributed by atoms with Crippen LogP contribution >= 0.6 is 11.3 Å². The van der Waals surface area contributed by atoms with Crippen LogP contribution in [0.15, 0.2) is 35.1 Å². The van der Waals surface area contributed by atoms with Crippen molar-refractivity contribution in [2.75, 3.05) is 11.4 Å². The van der Waals surface area contributed by atoms with E-state index in [9.17, 15) is 9.18 Å². The molecule has 2 heterocycles. The van der Waals surface area contributed by atoms with Gasteiger partial charge in [-0.15, -0.1) is 11.3 Å². The first-order valence-corrected chi connectivity index (χ1v) is 9.51. The molecule has 0 fully saturated rings. The van der Waals surface area contributed by atoms with Crippen molar-refractivity contribution in [3.63, 3.8) is 0 Å². The Morgan fingerprint density at radius 2 is 2.00 bits per heavy atom.